The highest BCUT2D eigenvalue weighted by Crippen LogP contribution is 2.35. The van der Waals surface area contributed by atoms with E-state index in [0.29, 0.717) is 17.1 Å². The molecule has 0 radical (unpaired) electrons. The van der Waals surface area contributed by atoms with Crippen LogP contribution in [0.15, 0.2) is 54.1 Å². The number of rotatable bonds is 7. The number of methoxy groups -OCH3 is 1. The number of hydrogen-bond donors (Lipinski definition) is 0. The van der Waals surface area contributed by atoms with Crippen molar-refractivity contribution in [3.63, 3.8) is 0 Å². The van der Waals surface area contributed by atoms with Gasteiger partial charge < -0.3 is 9.47 Å². The number of thiophene rings is 1. The second-order valence-electron chi connectivity index (χ2n) is 6.14. The van der Waals surface area contributed by atoms with Gasteiger partial charge in [-0.1, -0.05) is 18.2 Å². The Labute approximate surface area is 163 Å². The van der Waals surface area contributed by atoms with Gasteiger partial charge >= 0.3 is 5.97 Å². The van der Waals surface area contributed by atoms with Crippen LogP contribution in [0.4, 0.5) is 0 Å². The SMILES string of the molecule is CCOC(=O)Cc1cc(C(=O)C2=CCCC=C2)sc1-c1ccc(OC)cc1. The van der Waals surface area contributed by atoms with Crippen molar-refractivity contribution >= 4 is 23.1 Å². The van der Waals surface area contributed by atoms with Crippen LogP contribution in [0.1, 0.15) is 35.0 Å². The lowest BCUT2D eigenvalue weighted by atomic mass is 10.0. The molecular weight excluding hydrogens is 360 g/mol. The molecule has 1 heterocycles. The molecule has 0 amide bonds. The van der Waals surface area contributed by atoms with Crippen molar-refractivity contribution < 1.29 is 19.1 Å². The van der Waals surface area contributed by atoms with Crippen molar-refractivity contribution in [2.75, 3.05) is 13.7 Å². The molecule has 0 bridgehead atoms. The van der Waals surface area contributed by atoms with E-state index in [1.54, 1.807) is 14.0 Å². The second kappa shape index (κ2) is 8.82. The zero-order valence-electron chi connectivity index (χ0n) is 15.5. The van der Waals surface area contributed by atoms with Crippen molar-refractivity contribution in [3.05, 3.63) is 64.6 Å². The normalized spacial score (nSPS) is 13.2. The van der Waals surface area contributed by atoms with Gasteiger partial charge in [0.25, 0.3) is 0 Å². The van der Waals surface area contributed by atoms with Crippen LogP contribution in [0.2, 0.25) is 0 Å². The highest BCUT2D eigenvalue weighted by atomic mass is 32.1. The van der Waals surface area contributed by atoms with E-state index in [2.05, 4.69) is 0 Å². The summed E-state index contributed by atoms with van der Waals surface area (Å²) in [6.45, 7) is 2.12. The van der Waals surface area contributed by atoms with Gasteiger partial charge in [0.1, 0.15) is 5.75 Å². The smallest absolute Gasteiger partial charge is 0.310 e. The van der Waals surface area contributed by atoms with Gasteiger partial charge in [0.05, 0.1) is 25.0 Å². The molecule has 1 aliphatic rings. The highest BCUT2D eigenvalue weighted by molar-refractivity contribution is 7.17. The van der Waals surface area contributed by atoms with Crippen molar-refractivity contribution in [2.24, 2.45) is 0 Å². The zero-order valence-corrected chi connectivity index (χ0v) is 16.3. The molecule has 1 aliphatic carbocycles. The molecule has 0 spiro atoms. The largest absolute Gasteiger partial charge is 0.497 e. The average Bonchev–Trinajstić information content (AvgIpc) is 3.12. The molecule has 27 heavy (non-hydrogen) atoms. The summed E-state index contributed by atoms with van der Waals surface area (Å²) in [5.74, 6) is 0.470. The molecule has 1 aromatic carbocycles. The quantitative estimate of drug-likeness (QED) is 0.500. The number of carbonyl (C=O) groups is 2. The van der Waals surface area contributed by atoms with Crippen molar-refractivity contribution in [1.82, 2.24) is 0 Å². The molecule has 0 unspecified atom stereocenters. The molecule has 4 nitrogen and oxygen atoms in total. The summed E-state index contributed by atoms with van der Waals surface area (Å²) in [6, 6.07) is 9.45. The van der Waals surface area contributed by atoms with E-state index in [1.165, 1.54) is 11.3 Å². The number of esters is 1. The van der Waals surface area contributed by atoms with Gasteiger partial charge in [0, 0.05) is 10.5 Å². The Morgan fingerprint density at radius 2 is 1.93 bits per heavy atom. The van der Waals surface area contributed by atoms with Gasteiger partial charge in [0.15, 0.2) is 0 Å². The maximum Gasteiger partial charge on any atom is 0.310 e. The Kier molecular flexibility index (Phi) is 6.24. The third kappa shape index (κ3) is 4.55. The van der Waals surface area contributed by atoms with E-state index in [-0.39, 0.29) is 18.2 Å². The fraction of sp³-hybridized carbons (Fsp3) is 0.273. The van der Waals surface area contributed by atoms with Crippen LogP contribution in [-0.4, -0.2) is 25.5 Å². The summed E-state index contributed by atoms with van der Waals surface area (Å²) < 4.78 is 10.3. The number of ether oxygens (including phenoxy) is 2. The van der Waals surface area contributed by atoms with Gasteiger partial charge in [-0.3, -0.25) is 9.59 Å². The third-order valence-corrected chi connectivity index (χ3v) is 5.51. The monoisotopic (exact) mass is 382 g/mol. The van der Waals surface area contributed by atoms with E-state index in [0.717, 1.165) is 34.6 Å². The molecule has 0 aliphatic heterocycles. The van der Waals surface area contributed by atoms with Gasteiger partial charge in [0.2, 0.25) is 5.78 Å². The van der Waals surface area contributed by atoms with Crippen molar-refractivity contribution in [2.45, 2.75) is 26.2 Å². The molecule has 5 heteroatoms. The molecule has 0 saturated carbocycles. The van der Waals surface area contributed by atoms with Gasteiger partial charge in [-0.2, -0.15) is 0 Å². The molecule has 0 atom stereocenters. The summed E-state index contributed by atoms with van der Waals surface area (Å²) in [6.07, 6.45) is 7.86. The van der Waals surface area contributed by atoms with Gasteiger partial charge in [-0.25, -0.2) is 0 Å². The lowest BCUT2D eigenvalue weighted by Gasteiger charge is -2.05. The van der Waals surface area contributed by atoms with Crippen molar-refractivity contribution in [1.29, 1.82) is 0 Å². The molecular formula is C22H22O4S. The average molecular weight is 382 g/mol. The fourth-order valence-corrected chi connectivity index (χ4v) is 4.10. The second-order valence-corrected chi connectivity index (χ2v) is 7.20. The lowest BCUT2D eigenvalue weighted by Crippen LogP contribution is -2.07. The number of hydrogen-bond acceptors (Lipinski definition) is 5. The van der Waals surface area contributed by atoms with Crippen LogP contribution in [0.25, 0.3) is 10.4 Å². The maximum absolute atomic E-state index is 12.9. The summed E-state index contributed by atoms with van der Waals surface area (Å²) in [4.78, 5) is 26.4. The topological polar surface area (TPSA) is 52.6 Å². The minimum atomic E-state index is -0.291. The number of ketones is 1. The third-order valence-electron chi connectivity index (χ3n) is 4.28. The first-order valence-corrected chi connectivity index (χ1v) is 9.78. The molecule has 2 aromatic rings. The van der Waals surface area contributed by atoms with Crippen LogP contribution in [-0.2, 0) is 16.0 Å². The Morgan fingerprint density at radius 3 is 2.56 bits per heavy atom. The van der Waals surface area contributed by atoms with Crippen LogP contribution in [0.3, 0.4) is 0 Å². The predicted molar refractivity (Wildman–Crippen MR) is 107 cm³/mol. The van der Waals surface area contributed by atoms with E-state index in [9.17, 15) is 9.59 Å². The van der Waals surface area contributed by atoms with Crippen LogP contribution in [0, 0.1) is 0 Å². The van der Waals surface area contributed by atoms with Crippen LogP contribution in [0.5, 0.6) is 5.75 Å². The summed E-state index contributed by atoms with van der Waals surface area (Å²) in [7, 11) is 1.62. The molecule has 0 fully saturated rings. The standard InChI is InChI=1S/C22H22O4S/c1-3-26-20(23)14-17-13-19(21(24)15-7-5-4-6-8-15)27-22(17)16-9-11-18(25-2)12-10-16/h5,7-13H,3-4,6,14H2,1-2H3. The van der Waals surface area contributed by atoms with Crippen LogP contribution < -0.4 is 4.74 Å². The molecule has 140 valence electrons. The predicted octanol–water partition coefficient (Wildman–Crippen LogP) is 4.99. The van der Waals surface area contributed by atoms with Gasteiger partial charge in [-0.15, -0.1) is 11.3 Å². The Morgan fingerprint density at radius 1 is 1.15 bits per heavy atom. The summed E-state index contributed by atoms with van der Waals surface area (Å²) in [5.41, 5.74) is 2.48. The minimum Gasteiger partial charge on any atom is -0.497 e. The Bertz CT molecular complexity index is 888. The van der Waals surface area contributed by atoms with E-state index < -0.39 is 0 Å². The number of Topliss-reactive ketones (excluding diaryl/α,β-unsaturated/α-hetero) is 1. The molecule has 0 N–H and O–H groups in total. The minimum absolute atomic E-state index is 0.000760. The summed E-state index contributed by atoms with van der Waals surface area (Å²) >= 11 is 1.42. The zero-order chi connectivity index (χ0) is 19.2. The molecule has 3 rings (SSSR count). The first kappa shape index (κ1) is 19.1. The lowest BCUT2D eigenvalue weighted by molar-refractivity contribution is -0.142. The molecule has 0 saturated heterocycles. The van der Waals surface area contributed by atoms with E-state index in [4.69, 9.17) is 9.47 Å². The van der Waals surface area contributed by atoms with Crippen LogP contribution >= 0.6 is 11.3 Å². The van der Waals surface area contributed by atoms with E-state index >= 15 is 0 Å². The highest BCUT2D eigenvalue weighted by Gasteiger charge is 2.20. The Balaban J connectivity index is 1.97. The number of benzene rings is 1. The van der Waals surface area contributed by atoms with Gasteiger partial charge in [-0.05, 0) is 61.2 Å². The first-order chi connectivity index (χ1) is 13.1. The maximum atomic E-state index is 12.9. The fourth-order valence-electron chi connectivity index (χ4n) is 2.95. The number of allylic oxidation sites excluding steroid dienone is 4. The number of carbonyl (C=O) groups excluding carboxylic acids is 2. The van der Waals surface area contributed by atoms with Crippen molar-refractivity contribution in [3.8, 4) is 16.2 Å². The summed E-state index contributed by atoms with van der Waals surface area (Å²) in [5, 5.41) is 0. The molecule has 1 aromatic heterocycles. The Hall–Kier alpha value is -2.66. The van der Waals surface area contributed by atoms with E-state index in [1.807, 2.05) is 48.6 Å². The first-order valence-electron chi connectivity index (χ1n) is 8.96.